The second-order valence-corrected chi connectivity index (χ2v) is 5.71. The molecule has 17 heavy (non-hydrogen) atoms. The van der Waals surface area contributed by atoms with Gasteiger partial charge in [0.2, 0.25) is 0 Å². The standard InChI is InChI=1S/C14H19BrN2/c1-9(2)17-8-11(10(3)7-16)14-12(15)5-4-6-13(14)17/h4-6,8-10H,7,16H2,1-3H3. The fourth-order valence-corrected chi connectivity index (χ4v) is 2.81. The van der Waals surface area contributed by atoms with Crippen molar-refractivity contribution in [2.24, 2.45) is 5.73 Å². The topological polar surface area (TPSA) is 30.9 Å². The van der Waals surface area contributed by atoms with Gasteiger partial charge in [-0.15, -0.1) is 0 Å². The number of benzene rings is 1. The van der Waals surface area contributed by atoms with Gasteiger partial charge in [0.05, 0.1) is 0 Å². The van der Waals surface area contributed by atoms with Crippen LogP contribution in [0.3, 0.4) is 0 Å². The van der Waals surface area contributed by atoms with E-state index in [1.807, 2.05) is 0 Å². The molecule has 92 valence electrons. The van der Waals surface area contributed by atoms with E-state index in [0.717, 1.165) is 4.47 Å². The van der Waals surface area contributed by atoms with E-state index in [9.17, 15) is 0 Å². The summed E-state index contributed by atoms with van der Waals surface area (Å²) >= 11 is 3.65. The second-order valence-electron chi connectivity index (χ2n) is 4.86. The van der Waals surface area contributed by atoms with Gasteiger partial charge in [-0.2, -0.15) is 0 Å². The molecular weight excluding hydrogens is 276 g/mol. The van der Waals surface area contributed by atoms with Gasteiger partial charge < -0.3 is 10.3 Å². The van der Waals surface area contributed by atoms with Crippen LogP contribution in [0.1, 0.15) is 38.3 Å². The Balaban J connectivity index is 2.76. The molecule has 0 radical (unpaired) electrons. The summed E-state index contributed by atoms with van der Waals surface area (Å²) in [5, 5.41) is 1.30. The molecule has 1 atom stereocenters. The number of nitrogens with zero attached hydrogens (tertiary/aromatic N) is 1. The zero-order valence-electron chi connectivity index (χ0n) is 10.6. The minimum Gasteiger partial charge on any atom is -0.345 e. The summed E-state index contributed by atoms with van der Waals surface area (Å²) in [5.41, 5.74) is 8.42. The Bertz CT molecular complexity index is 528. The van der Waals surface area contributed by atoms with Gasteiger partial charge in [-0.05, 0) is 44.0 Å². The van der Waals surface area contributed by atoms with Crippen LogP contribution >= 0.6 is 15.9 Å². The van der Waals surface area contributed by atoms with Crippen molar-refractivity contribution in [1.82, 2.24) is 4.57 Å². The Morgan fingerprint density at radius 3 is 2.59 bits per heavy atom. The molecule has 0 aliphatic rings. The molecule has 1 aromatic heterocycles. The van der Waals surface area contributed by atoms with Crippen molar-refractivity contribution in [3.8, 4) is 0 Å². The first-order chi connectivity index (χ1) is 8.06. The van der Waals surface area contributed by atoms with Gasteiger partial charge in [0, 0.05) is 27.6 Å². The average molecular weight is 295 g/mol. The van der Waals surface area contributed by atoms with Crippen molar-refractivity contribution in [1.29, 1.82) is 0 Å². The Morgan fingerprint density at radius 1 is 1.29 bits per heavy atom. The molecular formula is C14H19BrN2. The molecule has 0 spiro atoms. The number of aromatic nitrogens is 1. The highest BCUT2D eigenvalue weighted by Gasteiger charge is 2.16. The molecule has 2 rings (SSSR count). The second kappa shape index (κ2) is 4.83. The van der Waals surface area contributed by atoms with Crippen molar-refractivity contribution in [2.75, 3.05) is 6.54 Å². The highest BCUT2D eigenvalue weighted by Crippen LogP contribution is 2.34. The third-order valence-corrected chi connectivity index (χ3v) is 3.94. The number of nitrogens with two attached hydrogens (primary N) is 1. The molecule has 2 nitrogen and oxygen atoms in total. The number of halogens is 1. The molecule has 0 saturated carbocycles. The Morgan fingerprint density at radius 2 is 2.00 bits per heavy atom. The third-order valence-electron chi connectivity index (χ3n) is 3.28. The van der Waals surface area contributed by atoms with E-state index in [0.29, 0.717) is 18.5 Å². The quantitative estimate of drug-likeness (QED) is 0.910. The summed E-state index contributed by atoms with van der Waals surface area (Å²) in [5.74, 6) is 0.385. The van der Waals surface area contributed by atoms with Crippen molar-refractivity contribution in [2.45, 2.75) is 32.7 Å². The van der Waals surface area contributed by atoms with E-state index in [4.69, 9.17) is 5.73 Å². The highest BCUT2D eigenvalue weighted by atomic mass is 79.9. The van der Waals surface area contributed by atoms with Crippen LogP contribution in [-0.4, -0.2) is 11.1 Å². The van der Waals surface area contributed by atoms with Crippen molar-refractivity contribution >= 4 is 26.8 Å². The van der Waals surface area contributed by atoms with Crippen LogP contribution in [0.15, 0.2) is 28.9 Å². The fourth-order valence-electron chi connectivity index (χ4n) is 2.23. The largest absolute Gasteiger partial charge is 0.345 e. The maximum absolute atomic E-state index is 5.81. The molecule has 0 amide bonds. The molecule has 1 aromatic carbocycles. The van der Waals surface area contributed by atoms with Crippen LogP contribution < -0.4 is 5.73 Å². The summed E-state index contributed by atoms with van der Waals surface area (Å²) in [6, 6.07) is 6.82. The Kier molecular flexibility index (Phi) is 3.59. The first-order valence-electron chi connectivity index (χ1n) is 6.05. The predicted molar refractivity (Wildman–Crippen MR) is 77.5 cm³/mol. The minimum atomic E-state index is 0.385. The number of fused-ring (bicyclic) bond motifs is 1. The molecule has 0 aliphatic heterocycles. The molecule has 2 aromatic rings. The van der Waals surface area contributed by atoms with E-state index in [2.05, 4.69) is 65.7 Å². The number of rotatable bonds is 3. The zero-order chi connectivity index (χ0) is 12.6. The average Bonchev–Trinajstić information content (AvgIpc) is 2.69. The first kappa shape index (κ1) is 12.7. The summed E-state index contributed by atoms with van der Waals surface area (Å²) < 4.78 is 3.48. The summed E-state index contributed by atoms with van der Waals surface area (Å²) in [7, 11) is 0. The molecule has 1 unspecified atom stereocenters. The van der Waals surface area contributed by atoms with Gasteiger partial charge in [0.15, 0.2) is 0 Å². The van der Waals surface area contributed by atoms with Gasteiger partial charge in [0.25, 0.3) is 0 Å². The van der Waals surface area contributed by atoms with Gasteiger partial charge >= 0.3 is 0 Å². The van der Waals surface area contributed by atoms with Gasteiger partial charge in [-0.3, -0.25) is 0 Å². The van der Waals surface area contributed by atoms with Gasteiger partial charge in [-0.1, -0.05) is 28.9 Å². The molecule has 1 heterocycles. The molecule has 3 heteroatoms. The number of hydrogen-bond acceptors (Lipinski definition) is 1. The Labute approximate surface area is 111 Å². The normalized spacial score (nSPS) is 13.5. The minimum absolute atomic E-state index is 0.385. The van der Waals surface area contributed by atoms with Crippen LogP contribution in [0.2, 0.25) is 0 Å². The van der Waals surface area contributed by atoms with Crippen LogP contribution in [0, 0.1) is 0 Å². The smallest absolute Gasteiger partial charge is 0.0497 e. The van der Waals surface area contributed by atoms with E-state index in [-0.39, 0.29) is 0 Å². The van der Waals surface area contributed by atoms with E-state index >= 15 is 0 Å². The van der Waals surface area contributed by atoms with Crippen LogP contribution in [0.5, 0.6) is 0 Å². The maximum atomic E-state index is 5.81. The van der Waals surface area contributed by atoms with Crippen molar-refractivity contribution in [3.63, 3.8) is 0 Å². The summed E-state index contributed by atoms with van der Waals surface area (Å²) in [6.07, 6.45) is 2.25. The zero-order valence-corrected chi connectivity index (χ0v) is 12.2. The molecule has 0 saturated heterocycles. The van der Waals surface area contributed by atoms with Crippen LogP contribution in [-0.2, 0) is 0 Å². The lowest BCUT2D eigenvalue weighted by Crippen LogP contribution is -2.08. The third kappa shape index (κ3) is 2.14. The van der Waals surface area contributed by atoms with Crippen molar-refractivity contribution in [3.05, 3.63) is 34.4 Å². The van der Waals surface area contributed by atoms with Crippen molar-refractivity contribution < 1.29 is 0 Å². The lowest BCUT2D eigenvalue weighted by Gasteiger charge is -2.08. The monoisotopic (exact) mass is 294 g/mol. The Hall–Kier alpha value is -0.800. The number of hydrogen-bond donors (Lipinski definition) is 1. The summed E-state index contributed by atoms with van der Waals surface area (Å²) in [6.45, 7) is 7.27. The van der Waals surface area contributed by atoms with Gasteiger partial charge in [-0.25, -0.2) is 0 Å². The lowest BCUT2D eigenvalue weighted by molar-refractivity contribution is 0.618. The fraction of sp³-hybridized carbons (Fsp3) is 0.429. The molecule has 2 N–H and O–H groups in total. The molecule has 0 aliphatic carbocycles. The van der Waals surface area contributed by atoms with E-state index in [1.54, 1.807) is 0 Å². The molecule has 0 bridgehead atoms. The SMILES string of the molecule is CC(CN)c1cn(C(C)C)c2cccc(Br)c12. The van der Waals surface area contributed by atoms with E-state index < -0.39 is 0 Å². The first-order valence-corrected chi connectivity index (χ1v) is 6.84. The predicted octanol–water partition coefficient (Wildman–Crippen LogP) is 4.05. The molecule has 0 fully saturated rings. The van der Waals surface area contributed by atoms with Gasteiger partial charge in [0.1, 0.15) is 0 Å². The maximum Gasteiger partial charge on any atom is 0.0497 e. The van der Waals surface area contributed by atoms with Crippen LogP contribution in [0.25, 0.3) is 10.9 Å². The lowest BCUT2D eigenvalue weighted by atomic mass is 10.0. The van der Waals surface area contributed by atoms with Crippen LogP contribution in [0.4, 0.5) is 0 Å². The highest BCUT2D eigenvalue weighted by molar-refractivity contribution is 9.10. The summed E-state index contributed by atoms with van der Waals surface area (Å²) in [4.78, 5) is 0. The van der Waals surface area contributed by atoms with E-state index in [1.165, 1.54) is 16.5 Å².